The summed E-state index contributed by atoms with van der Waals surface area (Å²) in [6.45, 7) is 6.34. The van der Waals surface area contributed by atoms with Gasteiger partial charge in [-0.1, -0.05) is 52.0 Å². The van der Waals surface area contributed by atoms with Crippen LogP contribution in [-0.4, -0.2) is 130 Å². The van der Waals surface area contributed by atoms with Gasteiger partial charge in [0.05, 0.1) is 108 Å². The molecule has 57 heavy (non-hydrogen) atoms. The number of aryl methyl sites for hydroxylation is 1. The smallest absolute Gasteiger partial charge is 0.205 e. The molecule has 1 aromatic heterocycles. The van der Waals surface area contributed by atoms with E-state index in [4.69, 9.17) is 28.4 Å². The van der Waals surface area contributed by atoms with Gasteiger partial charge in [-0.25, -0.2) is 4.99 Å². The normalized spacial score (nSPS) is 12.5. The maximum atomic E-state index is 5.62. The average Bonchev–Trinajstić information content (AvgIpc) is 3.21. The number of nitrogens with zero attached hydrogens (tertiary/aromatic N) is 3. The fourth-order valence-corrected chi connectivity index (χ4v) is 8.42. The van der Waals surface area contributed by atoms with Gasteiger partial charge in [0.1, 0.15) is 18.0 Å². The van der Waals surface area contributed by atoms with Gasteiger partial charge in [0, 0.05) is 47.5 Å². The summed E-state index contributed by atoms with van der Waals surface area (Å²) in [7, 11) is 23.1. The highest BCUT2D eigenvalue weighted by Gasteiger charge is 2.19. The second-order valence-corrected chi connectivity index (χ2v) is 17.3. The summed E-state index contributed by atoms with van der Waals surface area (Å²) in [6.07, 6.45) is 21.4. The lowest BCUT2D eigenvalue weighted by Gasteiger charge is -2.29. The Morgan fingerprint density at radius 3 is 1.65 bits per heavy atom. The van der Waals surface area contributed by atoms with Crippen molar-refractivity contribution in [2.75, 3.05) is 115 Å². The molecule has 0 amide bonds. The zero-order valence-corrected chi connectivity index (χ0v) is 37.4. The molecular formula is C45H66N4O6S2+4. The van der Waals surface area contributed by atoms with Gasteiger partial charge in [-0.15, -0.1) is 0 Å². The highest BCUT2D eigenvalue weighted by molar-refractivity contribution is 8.76. The van der Waals surface area contributed by atoms with Crippen LogP contribution >= 0.6 is 21.6 Å². The lowest BCUT2D eigenvalue weighted by atomic mass is 10.1. The molecule has 10 nitrogen and oxygen atoms in total. The highest BCUT2D eigenvalue weighted by atomic mass is 33.1. The Kier molecular flexibility index (Phi) is 20.7. The van der Waals surface area contributed by atoms with Gasteiger partial charge in [0.15, 0.2) is 48.5 Å². The van der Waals surface area contributed by atoms with E-state index in [1.165, 1.54) is 0 Å². The summed E-state index contributed by atoms with van der Waals surface area (Å²) in [4.78, 5) is 3.43. The van der Waals surface area contributed by atoms with E-state index in [-0.39, 0.29) is 0 Å². The van der Waals surface area contributed by atoms with Crippen molar-refractivity contribution in [3.63, 3.8) is 0 Å². The van der Waals surface area contributed by atoms with E-state index in [1.807, 2.05) is 88.5 Å². The lowest BCUT2D eigenvalue weighted by molar-refractivity contribution is -0.894. The lowest BCUT2D eigenvalue weighted by Crippen LogP contribution is -2.72. The van der Waals surface area contributed by atoms with Crippen LogP contribution in [0.1, 0.15) is 23.2 Å². The molecule has 0 aliphatic rings. The second-order valence-electron chi connectivity index (χ2n) is 14.6. The topological polar surface area (TPSA) is 73.2 Å². The average molecular weight is 823 g/mol. The van der Waals surface area contributed by atoms with E-state index in [2.05, 4.69) is 74.3 Å². The van der Waals surface area contributed by atoms with Gasteiger partial charge >= 0.3 is 0 Å². The number of rotatable bonds is 26. The van der Waals surface area contributed by atoms with E-state index in [0.717, 1.165) is 94.5 Å². The van der Waals surface area contributed by atoms with Crippen LogP contribution in [0.2, 0.25) is 0 Å². The van der Waals surface area contributed by atoms with Gasteiger partial charge in [0.2, 0.25) is 5.69 Å². The first kappa shape index (κ1) is 47.0. The van der Waals surface area contributed by atoms with Crippen LogP contribution in [0.15, 0.2) is 79.0 Å². The van der Waals surface area contributed by atoms with Crippen molar-refractivity contribution in [1.29, 1.82) is 0 Å². The first-order chi connectivity index (χ1) is 27.5. The number of hydrogen-bond acceptors (Lipinski definition) is 8. The minimum absolute atomic E-state index is 0.639. The zero-order valence-electron chi connectivity index (χ0n) is 35.8. The maximum Gasteiger partial charge on any atom is 0.205 e. The monoisotopic (exact) mass is 822 g/mol. The van der Waals surface area contributed by atoms with Gasteiger partial charge in [-0.3, -0.25) is 0 Å². The van der Waals surface area contributed by atoms with Gasteiger partial charge in [-0.05, 0) is 24.3 Å². The SMILES string of the molecule is COc1cc(OC)c(OC)cc1/C=C/C=C/C=C\C=[NH+]CC[N+](C)(C)CCSSCC[N+](C)(C)CCC[n+]1ccccc1/C=C/c1cc(OC)c(OC)cc1OC. The number of pyridine rings is 1. The van der Waals surface area contributed by atoms with Crippen LogP contribution in [0, 0.1) is 0 Å². The Bertz CT molecular complexity index is 1820. The fraction of sp³-hybridized carbons (Fsp3) is 0.422. The van der Waals surface area contributed by atoms with Crippen LogP contribution in [0.5, 0.6) is 34.5 Å². The van der Waals surface area contributed by atoms with Crippen LogP contribution in [-0.2, 0) is 6.54 Å². The molecule has 0 saturated carbocycles. The van der Waals surface area contributed by atoms with E-state index in [0.29, 0.717) is 23.0 Å². The van der Waals surface area contributed by atoms with Crippen LogP contribution < -0.4 is 38.0 Å². The highest BCUT2D eigenvalue weighted by Crippen LogP contribution is 2.36. The summed E-state index contributed by atoms with van der Waals surface area (Å²) in [5.41, 5.74) is 2.99. The Morgan fingerprint density at radius 2 is 1.07 bits per heavy atom. The molecule has 0 aliphatic heterocycles. The number of methoxy groups -OCH3 is 6. The molecule has 1 heterocycles. The minimum atomic E-state index is 0.639. The largest absolute Gasteiger partial charge is 0.496 e. The van der Waals surface area contributed by atoms with Gasteiger partial charge in [0.25, 0.3) is 0 Å². The summed E-state index contributed by atoms with van der Waals surface area (Å²) in [5, 5.41) is 0. The van der Waals surface area contributed by atoms with Gasteiger partial charge in [-0.2, -0.15) is 4.57 Å². The molecule has 0 radical (unpaired) electrons. The summed E-state index contributed by atoms with van der Waals surface area (Å²) in [6, 6.07) is 13.8. The number of quaternary nitrogens is 2. The first-order valence-corrected chi connectivity index (χ1v) is 21.7. The number of nitrogens with one attached hydrogen (secondary N) is 1. The number of ether oxygens (including phenoxy) is 6. The van der Waals surface area contributed by atoms with Crippen molar-refractivity contribution in [2.24, 2.45) is 0 Å². The Labute approximate surface area is 350 Å². The van der Waals surface area contributed by atoms with Crippen LogP contribution in [0.4, 0.5) is 0 Å². The van der Waals surface area contributed by atoms with Crippen molar-refractivity contribution in [3.05, 3.63) is 95.9 Å². The molecule has 12 heteroatoms. The molecule has 310 valence electrons. The molecular weight excluding hydrogens is 757 g/mol. The minimum Gasteiger partial charge on any atom is -0.496 e. The van der Waals surface area contributed by atoms with E-state index < -0.39 is 0 Å². The Morgan fingerprint density at radius 1 is 0.561 bits per heavy atom. The molecule has 0 saturated heterocycles. The zero-order chi connectivity index (χ0) is 41.5. The third kappa shape index (κ3) is 16.6. The summed E-state index contributed by atoms with van der Waals surface area (Å²) < 4.78 is 37.1. The van der Waals surface area contributed by atoms with E-state index in [9.17, 15) is 0 Å². The standard InChI is InChI=1S/C45H65N4O6S2/c1-48(2,27-18-26-47-25-17-15-20-39(47)22-21-38-34-43(53-8)45(55-10)36-41(38)51-6)29-31-56-57-32-30-49(3,4)28-24-46-23-16-13-11-12-14-19-37-33-42(52-7)44(54-9)35-40(37)50-5/h11-17,19-23,25,33-36H,18,24,26-32H2,1-10H3/q+3/p+1/b12-11+,16-13-,19-14+,22-21+,46-23?. The molecule has 0 fully saturated rings. The van der Waals surface area contributed by atoms with Crippen LogP contribution in [0.3, 0.4) is 0 Å². The first-order valence-electron chi connectivity index (χ1n) is 19.2. The molecule has 1 N–H and O–H groups in total. The maximum absolute atomic E-state index is 5.62. The van der Waals surface area contributed by atoms with Crippen molar-refractivity contribution in [1.82, 2.24) is 0 Å². The summed E-state index contributed by atoms with van der Waals surface area (Å²) >= 11 is 0. The number of allylic oxidation sites excluding steroid dienone is 5. The van der Waals surface area contributed by atoms with Crippen molar-refractivity contribution >= 4 is 46.0 Å². The molecule has 2 aromatic carbocycles. The van der Waals surface area contributed by atoms with E-state index >= 15 is 0 Å². The predicted octanol–water partition coefficient (Wildman–Crippen LogP) is 6.10. The van der Waals surface area contributed by atoms with Crippen molar-refractivity contribution in [2.45, 2.75) is 13.0 Å². The van der Waals surface area contributed by atoms with E-state index in [1.54, 1.807) is 42.7 Å². The number of benzene rings is 2. The summed E-state index contributed by atoms with van der Waals surface area (Å²) in [5.74, 6) is 6.36. The van der Waals surface area contributed by atoms with Gasteiger partial charge < -0.3 is 37.4 Å². The third-order valence-corrected chi connectivity index (χ3v) is 11.8. The predicted molar refractivity (Wildman–Crippen MR) is 240 cm³/mol. The molecule has 0 aliphatic carbocycles. The van der Waals surface area contributed by atoms with Crippen molar-refractivity contribution < 1.29 is 46.9 Å². The number of hydrogen-bond donors (Lipinski definition) is 1. The second kappa shape index (κ2) is 25.1. The third-order valence-electron chi connectivity index (χ3n) is 9.48. The number of aromatic nitrogens is 1. The Hall–Kier alpha value is -4.36. The van der Waals surface area contributed by atoms with Crippen LogP contribution in [0.25, 0.3) is 18.2 Å². The molecule has 3 aromatic rings. The molecule has 3 rings (SSSR count). The van der Waals surface area contributed by atoms with Crippen molar-refractivity contribution in [3.8, 4) is 34.5 Å². The molecule has 0 bridgehead atoms. The molecule has 0 spiro atoms. The fourth-order valence-electron chi connectivity index (χ4n) is 5.89. The quantitative estimate of drug-likeness (QED) is 0.0261. The molecule has 0 atom stereocenters. The molecule has 0 unspecified atom stereocenters. The Balaban J connectivity index is 1.32. The number of likely N-dealkylation sites (N-methyl/N-ethyl adjacent to an activating group) is 1.